The van der Waals surface area contributed by atoms with Gasteiger partial charge in [-0.05, 0) is 6.92 Å². The van der Waals surface area contributed by atoms with Crippen molar-refractivity contribution in [1.29, 1.82) is 0 Å². The molecule has 0 saturated heterocycles. The molecule has 13 heavy (non-hydrogen) atoms. The number of nitrogen functional groups attached to an aromatic ring is 1. The SMILES string of the molecule is CCn1cc(-n2cnc(N)n2)cn1. The zero-order chi connectivity index (χ0) is 9.26. The summed E-state index contributed by atoms with van der Waals surface area (Å²) in [7, 11) is 0. The van der Waals surface area contributed by atoms with Gasteiger partial charge in [0.05, 0.1) is 12.4 Å². The topological polar surface area (TPSA) is 74.5 Å². The lowest BCUT2D eigenvalue weighted by Gasteiger charge is -1.92. The standard InChI is InChI=1S/C7H10N6/c1-2-12-4-6(3-10-12)13-5-9-7(8)11-13/h3-5H,2H2,1H3,(H2,8,11). The average molecular weight is 178 g/mol. The summed E-state index contributed by atoms with van der Waals surface area (Å²) < 4.78 is 3.40. The Kier molecular flexibility index (Phi) is 1.73. The van der Waals surface area contributed by atoms with Crippen molar-refractivity contribution in [2.45, 2.75) is 13.5 Å². The largest absolute Gasteiger partial charge is 0.366 e. The number of aryl methyl sites for hydroxylation is 1. The molecule has 0 amide bonds. The molecule has 0 aliphatic heterocycles. The highest BCUT2D eigenvalue weighted by molar-refractivity contribution is 5.25. The van der Waals surface area contributed by atoms with Crippen LogP contribution in [0.5, 0.6) is 0 Å². The first-order valence-electron chi connectivity index (χ1n) is 3.99. The normalized spacial score (nSPS) is 10.5. The molecule has 0 bridgehead atoms. The molecule has 2 aromatic heterocycles. The molecule has 2 heterocycles. The molecule has 0 unspecified atom stereocenters. The van der Waals surface area contributed by atoms with Gasteiger partial charge in [0.2, 0.25) is 5.95 Å². The Morgan fingerprint density at radius 2 is 2.38 bits per heavy atom. The molecule has 6 heteroatoms. The van der Waals surface area contributed by atoms with Crippen molar-refractivity contribution in [2.75, 3.05) is 5.73 Å². The van der Waals surface area contributed by atoms with Gasteiger partial charge in [0.15, 0.2) is 0 Å². The summed E-state index contributed by atoms with van der Waals surface area (Å²) >= 11 is 0. The van der Waals surface area contributed by atoms with E-state index in [0.717, 1.165) is 12.2 Å². The molecule has 0 aliphatic rings. The number of anilines is 1. The van der Waals surface area contributed by atoms with Gasteiger partial charge in [-0.2, -0.15) is 5.10 Å². The van der Waals surface area contributed by atoms with Gasteiger partial charge in [0, 0.05) is 6.54 Å². The minimum atomic E-state index is 0.268. The average Bonchev–Trinajstić information content (AvgIpc) is 2.71. The van der Waals surface area contributed by atoms with Crippen molar-refractivity contribution < 1.29 is 0 Å². The molecule has 6 nitrogen and oxygen atoms in total. The summed E-state index contributed by atoms with van der Waals surface area (Å²) in [5, 5.41) is 8.07. The maximum atomic E-state index is 5.38. The zero-order valence-electron chi connectivity index (χ0n) is 7.25. The first-order valence-corrected chi connectivity index (χ1v) is 3.99. The molecule has 2 N–H and O–H groups in total. The number of rotatable bonds is 2. The Labute approximate surface area is 75.0 Å². The van der Waals surface area contributed by atoms with Crippen LogP contribution >= 0.6 is 0 Å². The van der Waals surface area contributed by atoms with Crippen LogP contribution in [0.3, 0.4) is 0 Å². The molecule has 0 spiro atoms. The zero-order valence-corrected chi connectivity index (χ0v) is 7.25. The van der Waals surface area contributed by atoms with E-state index in [9.17, 15) is 0 Å². The Balaban J connectivity index is 2.35. The third-order valence-electron chi connectivity index (χ3n) is 1.72. The van der Waals surface area contributed by atoms with Crippen LogP contribution in [0.4, 0.5) is 5.95 Å². The molecule has 2 aromatic rings. The summed E-state index contributed by atoms with van der Waals surface area (Å²) in [6.07, 6.45) is 5.16. The molecule has 0 radical (unpaired) electrons. The minimum absolute atomic E-state index is 0.268. The monoisotopic (exact) mass is 178 g/mol. The van der Waals surface area contributed by atoms with Gasteiger partial charge in [0.25, 0.3) is 0 Å². The summed E-state index contributed by atoms with van der Waals surface area (Å²) in [5.74, 6) is 0.268. The quantitative estimate of drug-likeness (QED) is 0.706. The number of nitrogens with two attached hydrogens (primary N) is 1. The van der Waals surface area contributed by atoms with E-state index >= 15 is 0 Å². The van der Waals surface area contributed by atoms with Crippen LogP contribution < -0.4 is 5.73 Å². The van der Waals surface area contributed by atoms with Crippen molar-refractivity contribution in [3.05, 3.63) is 18.7 Å². The van der Waals surface area contributed by atoms with Gasteiger partial charge in [0.1, 0.15) is 12.0 Å². The smallest absolute Gasteiger partial charge is 0.239 e. The molecule has 0 atom stereocenters. The molecule has 68 valence electrons. The van der Waals surface area contributed by atoms with E-state index in [0.29, 0.717) is 0 Å². The molecule has 0 fully saturated rings. The summed E-state index contributed by atoms with van der Waals surface area (Å²) in [6.45, 7) is 2.86. The van der Waals surface area contributed by atoms with Crippen molar-refractivity contribution in [3.63, 3.8) is 0 Å². The second kappa shape index (κ2) is 2.89. The number of nitrogens with zero attached hydrogens (tertiary/aromatic N) is 5. The Morgan fingerprint density at radius 3 is 2.92 bits per heavy atom. The van der Waals surface area contributed by atoms with Crippen LogP contribution in [0.25, 0.3) is 5.69 Å². The fourth-order valence-electron chi connectivity index (χ4n) is 1.04. The Hall–Kier alpha value is -1.85. The van der Waals surface area contributed by atoms with Crippen molar-refractivity contribution in [2.24, 2.45) is 0 Å². The first kappa shape index (κ1) is 7.78. The van der Waals surface area contributed by atoms with Crippen molar-refractivity contribution >= 4 is 5.95 Å². The number of hydrogen-bond donors (Lipinski definition) is 1. The third-order valence-corrected chi connectivity index (χ3v) is 1.72. The van der Waals surface area contributed by atoms with Gasteiger partial charge >= 0.3 is 0 Å². The fraction of sp³-hybridized carbons (Fsp3) is 0.286. The summed E-state index contributed by atoms with van der Waals surface area (Å²) in [5.41, 5.74) is 6.25. The van der Waals surface area contributed by atoms with E-state index in [2.05, 4.69) is 15.2 Å². The second-order valence-corrected chi connectivity index (χ2v) is 2.60. The Morgan fingerprint density at radius 1 is 1.54 bits per heavy atom. The minimum Gasteiger partial charge on any atom is -0.366 e. The van der Waals surface area contributed by atoms with Gasteiger partial charge in [-0.15, -0.1) is 5.10 Å². The predicted molar refractivity (Wildman–Crippen MR) is 47.2 cm³/mol. The van der Waals surface area contributed by atoms with E-state index in [1.54, 1.807) is 17.2 Å². The third kappa shape index (κ3) is 1.37. The van der Waals surface area contributed by atoms with E-state index in [-0.39, 0.29) is 5.95 Å². The van der Waals surface area contributed by atoms with Crippen LogP contribution in [-0.2, 0) is 6.54 Å². The molecular formula is C7H10N6. The van der Waals surface area contributed by atoms with E-state index in [1.165, 1.54) is 0 Å². The maximum Gasteiger partial charge on any atom is 0.239 e. The number of hydrogen-bond acceptors (Lipinski definition) is 4. The fourth-order valence-corrected chi connectivity index (χ4v) is 1.04. The van der Waals surface area contributed by atoms with Gasteiger partial charge < -0.3 is 5.73 Å². The predicted octanol–water partition coefficient (Wildman–Crippen LogP) is 0.0659. The highest BCUT2D eigenvalue weighted by Gasteiger charge is 2.01. The van der Waals surface area contributed by atoms with E-state index in [4.69, 9.17) is 5.73 Å². The number of aromatic nitrogens is 5. The van der Waals surface area contributed by atoms with Crippen molar-refractivity contribution in [3.8, 4) is 5.69 Å². The second-order valence-electron chi connectivity index (χ2n) is 2.60. The highest BCUT2D eigenvalue weighted by Crippen LogP contribution is 2.04. The Bertz CT molecular complexity index is 401. The van der Waals surface area contributed by atoms with E-state index in [1.807, 2.05) is 17.8 Å². The van der Waals surface area contributed by atoms with Crippen LogP contribution in [0, 0.1) is 0 Å². The molecule has 0 aliphatic carbocycles. The highest BCUT2D eigenvalue weighted by atomic mass is 15.4. The van der Waals surface area contributed by atoms with Crippen LogP contribution in [0.15, 0.2) is 18.7 Å². The van der Waals surface area contributed by atoms with Gasteiger partial charge in [-0.3, -0.25) is 4.68 Å². The lowest BCUT2D eigenvalue weighted by atomic mass is 10.6. The lowest BCUT2D eigenvalue weighted by molar-refractivity contribution is 0.659. The van der Waals surface area contributed by atoms with Gasteiger partial charge in [-0.25, -0.2) is 9.67 Å². The maximum absolute atomic E-state index is 5.38. The molecular weight excluding hydrogens is 168 g/mol. The van der Waals surface area contributed by atoms with Gasteiger partial charge in [-0.1, -0.05) is 0 Å². The molecule has 0 aromatic carbocycles. The summed E-state index contributed by atoms with van der Waals surface area (Å²) in [4.78, 5) is 3.82. The molecule has 0 saturated carbocycles. The van der Waals surface area contributed by atoms with Crippen LogP contribution in [0.1, 0.15) is 6.92 Å². The van der Waals surface area contributed by atoms with Crippen LogP contribution in [-0.4, -0.2) is 24.5 Å². The van der Waals surface area contributed by atoms with E-state index < -0.39 is 0 Å². The lowest BCUT2D eigenvalue weighted by Crippen LogP contribution is -1.95. The van der Waals surface area contributed by atoms with Crippen molar-refractivity contribution in [1.82, 2.24) is 24.5 Å². The van der Waals surface area contributed by atoms with Crippen LogP contribution in [0.2, 0.25) is 0 Å². The summed E-state index contributed by atoms with van der Waals surface area (Å²) in [6, 6.07) is 0. The first-order chi connectivity index (χ1) is 6.29. The molecule has 2 rings (SSSR count).